The second-order valence-electron chi connectivity index (χ2n) is 5.67. The first-order valence-corrected chi connectivity index (χ1v) is 8.11. The van der Waals surface area contributed by atoms with Gasteiger partial charge < -0.3 is 11.1 Å². The van der Waals surface area contributed by atoms with Gasteiger partial charge in [0.25, 0.3) is 11.8 Å². The molecule has 0 saturated carbocycles. The first-order chi connectivity index (χ1) is 12.4. The highest BCUT2D eigenvalue weighted by Crippen LogP contribution is 2.25. The van der Waals surface area contributed by atoms with Crippen LogP contribution in [0.4, 0.5) is 11.4 Å². The van der Waals surface area contributed by atoms with Crippen molar-refractivity contribution in [1.82, 2.24) is 0 Å². The van der Waals surface area contributed by atoms with E-state index in [0.29, 0.717) is 22.0 Å². The van der Waals surface area contributed by atoms with Crippen molar-refractivity contribution in [3.05, 3.63) is 59.1 Å². The summed E-state index contributed by atoms with van der Waals surface area (Å²) in [4.78, 5) is 37.3. The van der Waals surface area contributed by atoms with Crippen molar-refractivity contribution in [1.29, 1.82) is 0 Å². The molecule has 2 amide bonds. The van der Waals surface area contributed by atoms with E-state index >= 15 is 0 Å². The summed E-state index contributed by atoms with van der Waals surface area (Å²) in [6.45, 7) is 1.70. The van der Waals surface area contributed by atoms with Crippen LogP contribution in [0.15, 0.2) is 53.6 Å². The highest BCUT2D eigenvalue weighted by Gasteiger charge is 2.43. The number of rotatable bonds is 4. The Balaban J connectivity index is 1.79. The van der Waals surface area contributed by atoms with E-state index in [0.717, 1.165) is 5.01 Å². The van der Waals surface area contributed by atoms with E-state index in [1.165, 1.54) is 0 Å². The number of benzene rings is 2. The maximum Gasteiger partial charge on any atom is 0.293 e. The molecule has 0 spiro atoms. The van der Waals surface area contributed by atoms with Crippen molar-refractivity contribution < 1.29 is 14.4 Å². The number of amidine groups is 1. The number of nitrogens with two attached hydrogens (primary N) is 1. The van der Waals surface area contributed by atoms with Crippen molar-refractivity contribution in [2.45, 2.75) is 6.92 Å². The molecular formula is C18H15ClN4O3. The largest absolute Gasteiger partial charge is 0.385 e. The highest BCUT2D eigenvalue weighted by molar-refractivity contribution is 6.50. The molecular weight excluding hydrogens is 356 g/mol. The number of anilines is 2. The van der Waals surface area contributed by atoms with Crippen molar-refractivity contribution in [3.63, 3.8) is 0 Å². The van der Waals surface area contributed by atoms with Crippen LogP contribution in [0.25, 0.3) is 0 Å². The lowest BCUT2D eigenvalue weighted by Gasteiger charge is -2.14. The number of carbonyl (C=O) groups excluding carboxylic acids is 3. The molecule has 1 aliphatic heterocycles. The third-order valence-electron chi connectivity index (χ3n) is 3.97. The van der Waals surface area contributed by atoms with Crippen LogP contribution in [0.5, 0.6) is 0 Å². The number of Topliss-reactive ketones (excluding diaryl/α,β-unsaturated/α-hetero) is 1. The molecule has 0 aliphatic carbocycles. The van der Waals surface area contributed by atoms with E-state index in [1.807, 2.05) is 0 Å². The Morgan fingerprint density at radius 1 is 1.15 bits per heavy atom. The van der Waals surface area contributed by atoms with E-state index in [4.69, 9.17) is 17.3 Å². The number of halogens is 1. The van der Waals surface area contributed by atoms with Crippen molar-refractivity contribution in [3.8, 4) is 0 Å². The fourth-order valence-corrected chi connectivity index (χ4v) is 2.70. The number of hydrogen-bond donors (Lipinski definition) is 2. The molecule has 1 atom stereocenters. The molecule has 132 valence electrons. The van der Waals surface area contributed by atoms with Crippen LogP contribution in [-0.4, -0.2) is 23.4 Å². The molecule has 1 heterocycles. The Morgan fingerprint density at radius 2 is 1.85 bits per heavy atom. The van der Waals surface area contributed by atoms with E-state index in [-0.39, 0.29) is 5.84 Å². The van der Waals surface area contributed by atoms with E-state index < -0.39 is 23.5 Å². The third-order valence-corrected chi connectivity index (χ3v) is 4.38. The van der Waals surface area contributed by atoms with Gasteiger partial charge in [-0.3, -0.25) is 14.4 Å². The predicted molar refractivity (Wildman–Crippen MR) is 98.9 cm³/mol. The van der Waals surface area contributed by atoms with Gasteiger partial charge >= 0.3 is 0 Å². The average Bonchev–Trinajstić information content (AvgIpc) is 2.93. The fourth-order valence-electron chi connectivity index (χ4n) is 2.53. The van der Waals surface area contributed by atoms with Gasteiger partial charge in [-0.2, -0.15) is 10.1 Å². The maximum absolute atomic E-state index is 12.5. The Labute approximate surface area is 154 Å². The van der Waals surface area contributed by atoms with Gasteiger partial charge in [0.05, 0.1) is 5.69 Å². The van der Waals surface area contributed by atoms with Gasteiger partial charge in [-0.15, -0.1) is 0 Å². The lowest BCUT2D eigenvalue weighted by atomic mass is 10.0. The number of amides is 2. The van der Waals surface area contributed by atoms with Gasteiger partial charge in [-0.1, -0.05) is 35.9 Å². The molecule has 0 saturated heterocycles. The summed E-state index contributed by atoms with van der Waals surface area (Å²) in [5.74, 6) is -4.27. The Morgan fingerprint density at radius 3 is 2.54 bits per heavy atom. The molecule has 7 nitrogen and oxygen atoms in total. The number of ketones is 1. The van der Waals surface area contributed by atoms with Gasteiger partial charge in [0, 0.05) is 10.7 Å². The zero-order valence-corrected chi connectivity index (χ0v) is 14.5. The topological polar surface area (TPSA) is 105 Å². The zero-order chi connectivity index (χ0) is 18.8. The highest BCUT2D eigenvalue weighted by atomic mass is 35.5. The molecule has 3 rings (SSSR count). The van der Waals surface area contributed by atoms with Gasteiger partial charge in [-0.25, -0.2) is 0 Å². The Kier molecular flexibility index (Phi) is 4.73. The molecule has 3 N–H and O–H groups in total. The molecule has 2 aromatic rings. The number of hydrazone groups is 1. The number of nitrogens with one attached hydrogen (secondary N) is 1. The second kappa shape index (κ2) is 6.97. The number of para-hydroxylation sites is 1. The van der Waals surface area contributed by atoms with Crippen LogP contribution in [0.3, 0.4) is 0 Å². The van der Waals surface area contributed by atoms with Crippen LogP contribution in [-0.2, 0) is 14.4 Å². The maximum atomic E-state index is 12.5. The third kappa shape index (κ3) is 3.16. The van der Waals surface area contributed by atoms with Crippen LogP contribution >= 0.6 is 11.6 Å². The first kappa shape index (κ1) is 17.6. The number of hydrogen-bond acceptors (Lipinski definition) is 5. The van der Waals surface area contributed by atoms with Crippen LogP contribution in [0.2, 0.25) is 5.02 Å². The number of carbonyl (C=O) groups is 3. The fraction of sp³-hybridized carbons (Fsp3) is 0.111. The van der Waals surface area contributed by atoms with Crippen LogP contribution < -0.4 is 16.1 Å². The average molecular weight is 371 g/mol. The van der Waals surface area contributed by atoms with Crippen molar-refractivity contribution in [2.24, 2.45) is 16.8 Å². The summed E-state index contributed by atoms with van der Waals surface area (Å²) in [6, 6.07) is 13.4. The molecule has 0 fully saturated rings. The van der Waals surface area contributed by atoms with Crippen LogP contribution in [0.1, 0.15) is 5.56 Å². The van der Waals surface area contributed by atoms with E-state index in [1.54, 1.807) is 55.5 Å². The zero-order valence-electron chi connectivity index (χ0n) is 13.8. The Bertz CT molecular complexity index is 927. The molecule has 0 bridgehead atoms. The standard InChI is InChI=1S/C18H15ClN4O3/c1-10-12(19)8-5-9-13(10)21-17(25)15(24)14-16(20)22-23(18(14)26)11-6-3-2-4-7-11/h2-9,14H,1H3,(H2,20,22)(H,21,25)/t14-/m1/s1. The Hall–Kier alpha value is -3.19. The normalized spacial score (nSPS) is 16.4. The smallest absolute Gasteiger partial charge is 0.293 e. The summed E-state index contributed by atoms with van der Waals surface area (Å²) >= 11 is 6.00. The molecule has 1 aliphatic rings. The van der Waals surface area contributed by atoms with E-state index in [2.05, 4.69) is 10.4 Å². The van der Waals surface area contributed by atoms with Crippen LogP contribution in [0, 0.1) is 12.8 Å². The van der Waals surface area contributed by atoms with Gasteiger partial charge in [-0.05, 0) is 36.8 Å². The van der Waals surface area contributed by atoms with Gasteiger partial charge in [0.2, 0.25) is 5.78 Å². The molecule has 0 aromatic heterocycles. The molecule has 2 aromatic carbocycles. The summed E-state index contributed by atoms with van der Waals surface area (Å²) in [5.41, 5.74) is 7.21. The van der Waals surface area contributed by atoms with Gasteiger partial charge in [0.1, 0.15) is 5.84 Å². The minimum Gasteiger partial charge on any atom is -0.385 e. The van der Waals surface area contributed by atoms with Crippen molar-refractivity contribution >= 4 is 46.4 Å². The second-order valence-corrected chi connectivity index (χ2v) is 6.08. The monoisotopic (exact) mass is 370 g/mol. The predicted octanol–water partition coefficient (Wildman–Crippen LogP) is 2.09. The minimum absolute atomic E-state index is 0.221. The minimum atomic E-state index is -1.45. The van der Waals surface area contributed by atoms with Gasteiger partial charge in [0.15, 0.2) is 5.92 Å². The summed E-state index contributed by atoms with van der Waals surface area (Å²) in [7, 11) is 0. The molecule has 0 radical (unpaired) electrons. The number of nitrogens with zero attached hydrogens (tertiary/aromatic N) is 2. The quantitative estimate of drug-likeness (QED) is 0.635. The molecule has 8 heteroatoms. The first-order valence-electron chi connectivity index (χ1n) is 7.73. The lowest BCUT2D eigenvalue weighted by molar-refractivity contribution is -0.138. The molecule has 26 heavy (non-hydrogen) atoms. The SMILES string of the molecule is Cc1c(Cl)cccc1NC(=O)C(=O)[C@H]1C(=O)N(c2ccccc2)N=C1N. The summed E-state index contributed by atoms with van der Waals surface area (Å²) in [5, 5.41) is 7.86. The molecule has 0 unspecified atom stereocenters. The summed E-state index contributed by atoms with van der Waals surface area (Å²) in [6.07, 6.45) is 0. The van der Waals surface area contributed by atoms with Crippen molar-refractivity contribution in [2.75, 3.05) is 10.3 Å². The van der Waals surface area contributed by atoms with E-state index in [9.17, 15) is 14.4 Å². The lowest BCUT2D eigenvalue weighted by Crippen LogP contribution is -2.41. The summed E-state index contributed by atoms with van der Waals surface area (Å²) < 4.78 is 0.